The van der Waals surface area contributed by atoms with Crippen molar-refractivity contribution >= 4 is 11.9 Å². The van der Waals surface area contributed by atoms with Gasteiger partial charge >= 0.3 is 5.97 Å². The summed E-state index contributed by atoms with van der Waals surface area (Å²) in [5.74, 6) is -2.31. The molecule has 5 nitrogen and oxygen atoms in total. The molecule has 1 aliphatic rings. The Bertz CT molecular complexity index is 546. The molecule has 0 radical (unpaired) electrons. The number of hydrogen-bond donors (Lipinski definition) is 2. The largest absolute Gasteiger partial charge is 0.496 e. The quantitative estimate of drug-likeness (QED) is 0.862. The smallest absolute Gasteiger partial charge is 0.307 e. The van der Waals surface area contributed by atoms with E-state index in [1.54, 1.807) is 6.92 Å². The second-order valence-corrected chi connectivity index (χ2v) is 4.90. The number of ether oxygens (including phenoxy) is 1. The van der Waals surface area contributed by atoms with E-state index in [1.807, 2.05) is 0 Å². The van der Waals surface area contributed by atoms with Gasteiger partial charge in [0.05, 0.1) is 25.0 Å². The monoisotopic (exact) mass is 281 g/mol. The predicted octanol–water partition coefficient (Wildman–Crippen LogP) is 1.73. The Kier molecular flexibility index (Phi) is 3.92. The maximum absolute atomic E-state index is 13.3. The van der Waals surface area contributed by atoms with Crippen LogP contribution in [-0.2, 0) is 9.59 Å². The number of carboxylic acid groups (broad SMARTS) is 1. The maximum atomic E-state index is 13.3. The van der Waals surface area contributed by atoms with Crippen LogP contribution in [0.1, 0.15) is 24.9 Å². The highest BCUT2D eigenvalue weighted by Gasteiger charge is 2.48. The van der Waals surface area contributed by atoms with Crippen molar-refractivity contribution < 1.29 is 23.8 Å². The van der Waals surface area contributed by atoms with Crippen LogP contribution in [0.2, 0.25) is 0 Å². The van der Waals surface area contributed by atoms with Crippen LogP contribution < -0.4 is 10.1 Å². The lowest BCUT2D eigenvalue weighted by Gasteiger charge is -2.17. The van der Waals surface area contributed by atoms with E-state index in [0.717, 1.165) is 0 Å². The Morgan fingerprint density at radius 2 is 2.15 bits per heavy atom. The number of carboxylic acids is 1. The second-order valence-electron chi connectivity index (χ2n) is 4.90. The van der Waals surface area contributed by atoms with Crippen molar-refractivity contribution in [3.63, 3.8) is 0 Å². The van der Waals surface area contributed by atoms with Gasteiger partial charge in [-0.25, -0.2) is 4.39 Å². The first kappa shape index (κ1) is 14.3. The Morgan fingerprint density at radius 1 is 1.45 bits per heavy atom. The molecule has 1 aliphatic carbocycles. The molecule has 2 rings (SSSR count). The minimum absolute atomic E-state index is 0.323. The predicted molar refractivity (Wildman–Crippen MR) is 68.7 cm³/mol. The van der Waals surface area contributed by atoms with Gasteiger partial charge in [0.25, 0.3) is 0 Å². The van der Waals surface area contributed by atoms with Crippen LogP contribution in [0.3, 0.4) is 0 Å². The number of halogens is 1. The normalized spacial score (nSPS) is 21.9. The summed E-state index contributed by atoms with van der Waals surface area (Å²) in [4.78, 5) is 22.6. The van der Waals surface area contributed by atoms with Crippen LogP contribution in [0.4, 0.5) is 4.39 Å². The van der Waals surface area contributed by atoms with E-state index in [0.29, 0.717) is 17.7 Å². The molecule has 3 atom stereocenters. The van der Waals surface area contributed by atoms with E-state index in [-0.39, 0.29) is 5.91 Å². The SMILES string of the molecule is COc1ccc(F)cc1[C@H](C)NC(=O)[C@H]1C[C@H]1C(=O)O. The van der Waals surface area contributed by atoms with Crippen LogP contribution in [0.25, 0.3) is 0 Å². The Hall–Kier alpha value is -2.11. The number of amides is 1. The maximum Gasteiger partial charge on any atom is 0.307 e. The number of aliphatic carboxylic acids is 1. The zero-order valence-corrected chi connectivity index (χ0v) is 11.2. The molecule has 0 unspecified atom stereocenters. The molecule has 1 aromatic rings. The lowest BCUT2D eigenvalue weighted by molar-refractivity contribution is -0.140. The summed E-state index contributed by atoms with van der Waals surface area (Å²) in [5.41, 5.74) is 0.522. The van der Waals surface area contributed by atoms with Gasteiger partial charge in [-0.3, -0.25) is 9.59 Å². The number of carbonyl (C=O) groups excluding carboxylic acids is 1. The average molecular weight is 281 g/mol. The molecule has 2 N–H and O–H groups in total. The van der Waals surface area contributed by atoms with Crippen molar-refractivity contribution in [3.8, 4) is 5.75 Å². The summed E-state index contributed by atoms with van der Waals surface area (Å²) in [6.45, 7) is 1.70. The fourth-order valence-electron chi connectivity index (χ4n) is 2.20. The van der Waals surface area contributed by atoms with Crippen LogP contribution in [0.15, 0.2) is 18.2 Å². The summed E-state index contributed by atoms with van der Waals surface area (Å²) in [7, 11) is 1.46. The van der Waals surface area contributed by atoms with Gasteiger partial charge in [-0.2, -0.15) is 0 Å². The van der Waals surface area contributed by atoms with Gasteiger partial charge in [-0.1, -0.05) is 0 Å². The van der Waals surface area contributed by atoms with E-state index in [2.05, 4.69) is 5.32 Å². The number of nitrogens with one attached hydrogen (secondary N) is 1. The van der Waals surface area contributed by atoms with Crippen molar-refractivity contribution in [1.82, 2.24) is 5.32 Å². The molecule has 6 heteroatoms. The first-order valence-electron chi connectivity index (χ1n) is 6.30. The summed E-state index contributed by atoms with van der Waals surface area (Å²) in [5, 5.41) is 11.5. The molecule has 0 aliphatic heterocycles. The van der Waals surface area contributed by atoms with Gasteiger partial charge in [0.2, 0.25) is 5.91 Å². The fraction of sp³-hybridized carbons (Fsp3) is 0.429. The number of carbonyl (C=O) groups is 2. The van der Waals surface area contributed by atoms with Gasteiger partial charge in [0, 0.05) is 5.56 Å². The van der Waals surface area contributed by atoms with Crippen molar-refractivity contribution in [2.75, 3.05) is 7.11 Å². The average Bonchev–Trinajstić information content (AvgIpc) is 3.18. The van der Waals surface area contributed by atoms with Crippen LogP contribution in [0.5, 0.6) is 5.75 Å². The first-order valence-corrected chi connectivity index (χ1v) is 6.30. The zero-order valence-electron chi connectivity index (χ0n) is 11.2. The van der Waals surface area contributed by atoms with E-state index < -0.39 is 29.7 Å². The van der Waals surface area contributed by atoms with Crippen molar-refractivity contribution in [1.29, 1.82) is 0 Å². The van der Waals surface area contributed by atoms with Crippen LogP contribution in [0, 0.1) is 17.7 Å². The molecule has 0 heterocycles. The molecule has 1 saturated carbocycles. The molecule has 1 amide bonds. The van der Waals surface area contributed by atoms with Gasteiger partial charge in [-0.15, -0.1) is 0 Å². The number of benzene rings is 1. The van der Waals surface area contributed by atoms with E-state index in [1.165, 1.54) is 25.3 Å². The molecule has 0 saturated heterocycles. The molecular formula is C14H16FNO4. The number of methoxy groups -OCH3 is 1. The first-order chi connectivity index (χ1) is 9.43. The molecule has 0 spiro atoms. The Morgan fingerprint density at radius 3 is 2.70 bits per heavy atom. The van der Waals surface area contributed by atoms with E-state index in [9.17, 15) is 14.0 Å². The Labute approximate surface area is 115 Å². The minimum atomic E-state index is -0.957. The molecule has 0 aromatic heterocycles. The summed E-state index contributed by atoms with van der Waals surface area (Å²) >= 11 is 0. The van der Waals surface area contributed by atoms with Gasteiger partial charge in [0.15, 0.2) is 0 Å². The van der Waals surface area contributed by atoms with Crippen molar-refractivity contribution in [2.24, 2.45) is 11.8 Å². The van der Waals surface area contributed by atoms with Gasteiger partial charge < -0.3 is 15.2 Å². The van der Waals surface area contributed by atoms with Crippen LogP contribution >= 0.6 is 0 Å². The third-order valence-electron chi connectivity index (χ3n) is 3.46. The second kappa shape index (κ2) is 5.48. The molecule has 20 heavy (non-hydrogen) atoms. The molecule has 0 bridgehead atoms. The fourth-order valence-corrected chi connectivity index (χ4v) is 2.20. The highest BCUT2D eigenvalue weighted by Crippen LogP contribution is 2.39. The van der Waals surface area contributed by atoms with Crippen LogP contribution in [-0.4, -0.2) is 24.1 Å². The lowest BCUT2D eigenvalue weighted by atomic mass is 10.1. The lowest BCUT2D eigenvalue weighted by Crippen LogP contribution is -2.29. The third kappa shape index (κ3) is 2.89. The topological polar surface area (TPSA) is 75.6 Å². The standard InChI is InChI=1S/C14H16FNO4/c1-7(9-5-8(15)3-4-12(9)20-2)16-13(17)10-6-11(10)14(18)19/h3-5,7,10-11H,6H2,1-2H3,(H,16,17)(H,18,19)/t7-,10-,11+/m0/s1. The van der Waals surface area contributed by atoms with Gasteiger partial charge in [-0.05, 0) is 31.5 Å². The minimum Gasteiger partial charge on any atom is -0.496 e. The molecule has 108 valence electrons. The molecular weight excluding hydrogens is 265 g/mol. The van der Waals surface area contributed by atoms with Crippen molar-refractivity contribution in [3.05, 3.63) is 29.6 Å². The summed E-state index contributed by atoms with van der Waals surface area (Å²) in [6, 6.07) is 3.61. The van der Waals surface area contributed by atoms with Crippen molar-refractivity contribution in [2.45, 2.75) is 19.4 Å². The Balaban J connectivity index is 2.05. The highest BCUT2D eigenvalue weighted by molar-refractivity contribution is 5.89. The number of rotatable bonds is 5. The summed E-state index contributed by atoms with van der Waals surface area (Å²) in [6.07, 6.45) is 0.355. The highest BCUT2D eigenvalue weighted by atomic mass is 19.1. The van der Waals surface area contributed by atoms with E-state index in [4.69, 9.17) is 9.84 Å². The van der Waals surface area contributed by atoms with Gasteiger partial charge in [0.1, 0.15) is 11.6 Å². The molecule has 1 aromatic carbocycles. The zero-order chi connectivity index (χ0) is 14.9. The number of hydrogen-bond acceptors (Lipinski definition) is 3. The summed E-state index contributed by atoms with van der Waals surface area (Å²) < 4.78 is 18.4. The van der Waals surface area contributed by atoms with E-state index >= 15 is 0 Å². The molecule has 1 fully saturated rings. The third-order valence-corrected chi connectivity index (χ3v) is 3.46.